The Bertz CT molecular complexity index is 3220. The molecule has 2 heterocycles. The maximum absolute atomic E-state index is 2.45. The highest BCUT2D eigenvalue weighted by molar-refractivity contribution is 6.12. The molecule has 0 radical (unpaired) electrons. The molecule has 262 valence electrons. The van der Waals surface area contributed by atoms with E-state index in [0.29, 0.717) is 0 Å². The number of aromatic nitrogens is 2. The fourth-order valence-electron chi connectivity index (χ4n) is 8.68. The van der Waals surface area contributed by atoms with Crippen LogP contribution in [0.3, 0.4) is 0 Å². The maximum atomic E-state index is 2.45. The molecule has 0 saturated heterocycles. The third-order valence-electron chi connectivity index (χ3n) is 11.3. The molecule has 9 aromatic carbocycles. The highest BCUT2D eigenvalue weighted by Crippen LogP contribution is 2.40. The van der Waals surface area contributed by atoms with Crippen LogP contribution in [0.5, 0.6) is 0 Å². The highest BCUT2D eigenvalue weighted by atomic mass is 15.0. The van der Waals surface area contributed by atoms with E-state index in [0.717, 1.165) is 5.69 Å². The minimum Gasteiger partial charge on any atom is -0.309 e. The molecule has 2 aromatic heterocycles. The molecule has 11 rings (SSSR count). The van der Waals surface area contributed by atoms with Crippen molar-refractivity contribution in [2.24, 2.45) is 0 Å². The van der Waals surface area contributed by atoms with Crippen LogP contribution in [0, 0.1) is 0 Å². The SMILES string of the molecule is c1ccc(-c2cccc(-c3ccc(-n4c5ccccc5c5cc(-c6ccc7c8ccccc8n(-c8ccccc8-c8ccccc8)c7c6)ccc54)cc3)c2)cc1. The molecule has 0 amide bonds. The molecule has 0 fully saturated rings. The first-order valence-electron chi connectivity index (χ1n) is 19.3. The van der Waals surface area contributed by atoms with Crippen molar-refractivity contribution in [1.82, 2.24) is 9.13 Å². The fourth-order valence-corrected chi connectivity index (χ4v) is 8.68. The molecule has 56 heavy (non-hydrogen) atoms. The summed E-state index contributed by atoms with van der Waals surface area (Å²) in [6, 6.07) is 79.4. The largest absolute Gasteiger partial charge is 0.309 e. The van der Waals surface area contributed by atoms with Crippen LogP contribution in [0.25, 0.3) is 99.5 Å². The average molecular weight is 713 g/mol. The molecule has 0 bridgehead atoms. The van der Waals surface area contributed by atoms with E-state index in [-0.39, 0.29) is 0 Å². The Labute approximate surface area is 325 Å². The summed E-state index contributed by atoms with van der Waals surface area (Å²) in [5.74, 6) is 0. The average Bonchev–Trinajstić information content (AvgIpc) is 3.79. The van der Waals surface area contributed by atoms with Gasteiger partial charge < -0.3 is 9.13 Å². The predicted octanol–water partition coefficient (Wildman–Crippen LogP) is 14.5. The monoisotopic (exact) mass is 712 g/mol. The number of nitrogens with zero attached hydrogens (tertiary/aromatic N) is 2. The summed E-state index contributed by atoms with van der Waals surface area (Å²) in [5, 5.41) is 4.99. The van der Waals surface area contributed by atoms with Crippen molar-refractivity contribution >= 4 is 43.6 Å². The van der Waals surface area contributed by atoms with Crippen molar-refractivity contribution in [3.05, 3.63) is 218 Å². The van der Waals surface area contributed by atoms with E-state index in [4.69, 9.17) is 0 Å². The van der Waals surface area contributed by atoms with Crippen LogP contribution < -0.4 is 0 Å². The first-order valence-corrected chi connectivity index (χ1v) is 19.3. The summed E-state index contributed by atoms with van der Waals surface area (Å²) in [7, 11) is 0. The first-order chi connectivity index (χ1) is 27.8. The lowest BCUT2D eigenvalue weighted by Gasteiger charge is -2.14. The van der Waals surface area contributed by atoms with Crippen LogP contribution in [-0.2, 0) is 0 Å². The molecule has 0 spiro atoms. The van der Waals surface area contributed by atoms with Gasteiger partial charge in [0, 0.05) is 32.8 Å². The van der Waals surface area contributed by atoms with Gasteiger partial charge in [-0.3, -0.25) is 0 Å². The quantitative estimate of drug-likeness (QED) is 0.162. The topological polar surface area (TPSA) is 9.86 Å². The smallest absolute Gasteiger partial charge is 0.0547 e. The summed E-state index contributed by atoms with van der Waals surface area (Å²) in [6.45, 7) is 0. The van der Waals surface area contributed by atoms with Gasteiger partial charge in [0.15, 0.2) is 0 Å². The standard InChI is InChI=1S/C54H36N2/c1-3-14-37(15-4-1)40-18-13-19-41(34-40)38-26-30-44(31-27-38)55-51-24-11-9-22-47(51)49-35-42(29-33-53(49)55)43-28-32-48-46-21-8-12-25-52(46)56(54(48)36-43)50-23-10-7-20-45(50)39-16-5-2-6-17-39/h1-36H. The van der Waals surface area contributed by atoms with Crippen molar-refractivity contribution in [3.63, 3.8) is 0 Å². The Morgan fingerprint density at radius 1 is 0.232 bits per heavy atom. The van der Waals surface area contributed by atoms with Crippen LogP contribution in [0.1, 0.15) is 0 Å². The molecule has 2 heteroatoms. The van der Waals surface area contributed by atoms with Crippen molar-refractivity contribution in [1.29, 1.82) is 0 Å². The fraction of sp³-hybridized carbons (Fsp3) is 0. The molecule has 0 aliphatic rings. The second-order valence-electron chi connectivity index (χ2n) is 14.5. The molecular weight excluding hydrogens is 677 g/mol. The Kier molecular flexibility index (Phi) is 7.53. The zero-order chi connectivity index (χ0) is 37.0. The molecule has 0 unspecified atom stereocenters. The summed E-state index contributed by atoms with van der Waals surface area (Å²) in [4.78, 5) is 0. The Hall–Kier alpha value is -7.42. The molecular formula is C54H36N2. The van der Waals surface area contributed by atoms with E-state index >= 15 is 0 Å². The second-order valence-corrected chi connectivity index (χ2v) is 14.5. The lowest BCUT2D eigenvalue weighted by atomic mass is 9.99. The third-order valence-corrected chi connectivity index (χ3v) is 11.3. The Morgan fingerprint density at radius 2 is 0.714 bits per heavy atom. The number of fused-ring (bicyclic) bond motifs is 6. The van der Waals surface area contributed by atoms with Crippen molar-refractivity contribution in [2.75, 3.05) is 0 Å². The third kappa shape index (κ3) is 5.26. The van der Waals surface area contributed by atoms with Crippen LogP contribution in [-0.4, -0.2) is 9.13 Å². The number of hydrogen-bond acceptors (Lipinski definition) is 0. The number of para-hydroxylation sites is 3. The maximum Gasteiger partial charge on any atom is 0.0547 e. The number of hydrogen-bond donors (Lipinski definition) is 0. The minimum atomic E-state index is 1.15. The van der Waals surface area contributed by atoms with E-state index in [1.165, 1.54) is 93.8 Å². The van der Waals surface area contributed by atoms with Gasteiger partial charge in [-0.2, -0.15) is 0 Å². The predicted molar refractivity (Wildman–Crippen MR) is 237 cm³/mol. The van der Waals surface area contributed by atoms with Crippen molar-refractivity contribution in [2.45, 2.75) is 0 Å². The van der Waals surface area contributed by atoms with Gasteiger partial charge in [0.25, 0.3) is 0 Å². The van der Waals surface area contributed by atoms with Crippen molar-refractivity contribution < 1.29 is 0 Å². The molecule has 0 atom stereocenters. The minimum absolute atomic E-state index is 1.15. The van der Waals surface area contributed by atoms with E-state index < -0.39 is 0 Å². The molecule has 2 nitrogen and oxygen atoms in total. The molecule has 0 aliphatic heterocycles. The zero-order valence-electron chi connectivity index (χ0n) is 30.7. The molecule has 11 aromatic rings. The van der Waals surface area contributed by atoms with Gasteiger partial charge in [-0.25, -0.2) is 0 Å². The van der Waals surface area contributed by atoms with Gasteiger partial charge in [-0.05, 0) is 93.5 Å². The highest BCUT2D eigenvalue weighted by Gasteiger charge is 2.18. The lowest BCUT2D eigenvalue weighted by molar-refractivity contribution is 1.18. The van der Waals surface area contributed by atoms with Gasteiger partial charge in [0.05, 0.1) is 27.8 Å². The lowest BCUT2D eigenvalue weighted by Crippen LogP contribution is -1.97. The molecule has 0 saturated carbocycles. The molecule has 0 N–H and O–H groups in total. The summed E-state index contributed by atoms with van der Waals surface area (Å²) >= 11 is 0. The van der Waals surface area contributed by atoms with E-state index in [2.05, 4.69) is 228 Å². The van der Waals surface area contributed by atoms with Gasteiger partial charge in [-0.15, -0.1) is 0 Å². The van der Waals surface area contributed by atoms with Crippen molar-refractivity contribution in [3.8, 4) is 55.9 Å². The summed E-state index contributed by atoms with van der Waals surface area (Å²) < 4.78 is 4.85. The summed E-state index contributed by atoms with van der Waals surface area (Å²) in [5.41, 5.74) is 16.8. The first kappa shape index (κ1) is 32.0. The van der Waals surface area contributed by atoms with Gasteiger partial charge in [-0.1, -0.05) is 164 Å². The Balaban J connectivity index is 1.03. The van der Waals surface area contributed by atoms with E-state index in [9.17, 15) is 0 Å². The number of benzene rings is 9. The van der Waals surface area contributed by atoms with E-state index in [1.807, 2.05) is 0 Å². The van der Waals surface area contributed by atoms with Crippen LogP contribution in [0.2, 0.25) is 0 Å². The van der Waals surface area contributed by atoms with Crippen LogP contribution in [0.4, 0.5) is 0 Å². The normalized spacial score (nSPS) is 11.6. The zero-order valence-corrected chi connectivity index (χ0v) is 30.7. The van der Waals surface area contributed by atoms with Gasteiger partial charge in [0.2, 0.25) is 0 Å². The van der Waals surface area contributed by atoms with Gasteiger partial charge in [0.1, 0.15) is 0 Å². The van der Waals surface area contributed by atoms with E-state index in [1.54, 1.807) is 0 Å². The van der Waals surface area contributed by atoms with Crippen LogP contribution >= 0.6 is 0 Å². The number of rotatable bonds is 6. The van der Waals surface area contributed by atoms with Crippen LogP contribution in [0.15, 0.2) is 218 Å². The Morgan fingerprint density at radius 3 is 1.46 bits per heavy atom. The second kappa shape index (κ2) is 13.2. The van der Waals surface area contributed by atoms with Gasteiger partial charge >= 0.3 is 0 Å². The summed E-state index contributed by atoms with van der Waals surface area (Å²) in [6.07, 6.45) is 0. The molecule has 0 aliphatic carbocycles.